The zero-order valence-corrected chi connectivity index (χ0v) is 26.5. The van der Waals surface area contributed by atoms with Crippen molar-refractivity contribution >= 4 is 7.60 Å². The zero-order valence-electron chi connectivity index (χ0n) is 25.6. The normalized spacial score (nSPS) is 12.9. The molecule has 2 N–H and O–H groups in total. The Balaban J connectivity index is 4.15. The molecule has 0 aliphatic heterocycles. The van der Waals surface area contributed by atoms with Gasteiger partial charge in [-0.3, -0.25) is 4.57 Å². The lowest BCUT2D eigenvalue weighted by Crippen LogP contribution is -2.23. The van der Waals surface area contributed by atoms with Crippen LogP contribution in [0.3, 0.4) is 0 Å². The van der Waals surface area contributed by atoms with Crippen LogP contribution in [0, 0.1) is 0 Å². The summed E-state index contributed by atoms with van der Waals surface area (Å²) in [5, 5.41) is 0. The standard InChI is InChI=1S/C32H68NO3P/c1-4-7-10-13-15-17-19-21-24-27-30-35-37(34,32(33)29-26-23-12-9-6-3)36-31-28-25-22-20-18-16-14-11-8-5-2/h32H,4-31,33H2,1-3H3. The van der Waals surface area contributed by atoms with Crippen molar-refractivity contribution in [3.05, 3.63) is 0 Å². The molecule has 1 atom stereocenters. The Morgan fingerprint density at radius 3 is 1.05 bits per heavy atom. The highest BCUT2D eigenvalue weighted by molar-refractivity contribution is 7.54. The summed E-state index contributed by atoms with van der Waals surface area (Å²) in [5.74, 6) is -0.486. The van der Waals surface area contributed by atoms with Crippen LogP contribution in [0.5, 0.6) is 0 Å². The van der Waals surface area contributed by atoms with Gasteiger partial charge in [0.25, 0.3) is 0 Å². The Bertz CT molecular complexity index is 459. The molecule has 0 heterocycles. The van der Waals surface area contributed by atoms with E-state index in [2.05, 4.69) is 20.8 Å². The molecule has 0 aromatic carbocycles. The molecule has 1 unspecified atom stereocenters. The molecule has 0 bridgehead atoms. The van der Waals surface area contributed by atoms with Crippen LogP contribution >= 0.6 is 7.60 Å². The van der Waals surface area contributed by atoms with Crippen molar-refractivity contribution in [3.63, 3.8) is 0 Å². The van der Waals surface area contributed by atoms with Gasteiger partial charge in [0.2, 0.25) is 0 Å². The SMILES string of the molecule is CCCCCCCCCCCCOP(=O)(OCCCCCCCCCCCC)C(N)CCCCCCC. The van der Waals surface area contributed by atoms with Gasteiger partial charge in [0, 0.05) is 0 Å². The fourth-order valence-electron chi connectivity index (χ4n) is 4.91. The van der Waals surface area contributed by atoms with Crippen molar-refractivity contribution in [2.75, 3.05) is 13.2 Å². The highest BCUT2D eigenvalue weighted by Crippen LogP contribution is 2.53. The summed E-state index contributed by atoms with van der Waals surface area (Å²) in [5.41, 5.74) is 6.41. The Hall–Kier alpha value is 0.110. The topological polar surface area (TPSA) is 61.5 Å². The molecular formula is C32H68NO3P. The summed E-state index contributed by atoms with van der Waals surface area (Å²) in [4.78, 5) is 0. The zero-order chi connectivity index (χ0) is 27.3. The molecular weight excluding hydrogens is 477 g/mol. The largest absolute Gasteiger partial charge is 0.347 e. The summed E-state index contributed by atoms with van der Waals surface area (Å²) < 4.78 is 25.5. The second-order valence-electron chi connectivity index (χ2n) is 11.3. The van der Waals surface area contributed by atoms with Crippen LogP contribution < -0.4 is 5.73 Å². The molecule has 5 heteroatoms. The average Bonchev–Trinajstić information content (AvgIpc) is 2.90. The third kappa shape index (κ3) is 24.9. The van der Waals surface area contributed by atoms with E-state index >= 15 is 0 Å². The molecule has 0 amide bonds. The minimum absolute atomic E-state index is 0.486. The molecule has 0 aromatic heterocycles. The van der Waals surface area contributed by atoms with Crippen molar-refractivity contribution in [3.8, 4) is 0 Å². The van der Waals surface area contributed by atoms with Crippen LogP contribution in [0.1, 0.15) is 188 Å². The van der Waals surface area contributed by atoms with Crippen LogP contribution in [0.2, 0.25) is 0 Å². The van der Waals surface area contributed by atoms with E-state index in [1.165, 1.54) is 122 Å². The van der Waals surface area contributed by atoms with Gasteiger partial charge in [0.15, 0.2) is 0 Å². The number of rotatable bonds is 31. The summed E-state index contributed by atoms with van der Waals surface area (Å²) in [7, 11) is -3.24. The van der Waals surface area contributed by atoms with Crippen molar-refractivity contribution in [2.45, 2.75) is 193 Å². The van der Waals surface area contributed by atoms with Crippen LogP contribution in [-0.4, -0.2) is 19.0 Å². The van der Waals surface area contributed by atoms with Gasteiger partial charge in [0.1, 0.15) is 5.78 Å². The Labute approximate surface area is 233 Å². The van der Waals surface area contributed by atoms with Crippen molar-refractivity contribution in [2.24, 2.45) is 5.73 Å². The fourth-order valence-corrected chi connectivity index (χ4v) is 6.63. The molecule has 0 saturated carbocycles. The second kappa shape index (κ2) is 29.1. The number of hydrogen-bond acceptors (Lipinski definition) is 4. The molecule has 4 nitrogen and oxygen atoms in total. The number of hydrogen-bond donors (Lipinski definition) is 1. The minimum Gasteiger partial charge on any atom is -0.318 e. The van der Waals surface area contributed by atoms with E-state index in [0.717, 1.165) is 44.9 Å². The summed E-state index contributed by atoms with van der Waals surface area (Å²) in [6, 6.07) is 0. The predicted molar refractivity (Wildman–Crippen MR) is 165 cm³/mol. The third-order valence-electron chi connectivity index (χ3n) is 7.55. The van der Waals surface area contributed by atoms with Gasteiger partial charge in [-0.15, -0.1) is 0 Å². The lowest BCUT2D eigenvalue weighted by Gasteiger charge is -2.24. The van der Waals surface area contributed by atoms with Gasteiger partial charge in [0.05, 0.1) is 13.2 Å². The maximum absolute atomic E-state index is 13.6. The first-order chi connectivity index (χ1) is 18.1. The summed E-state index contributed by atoms with van der Waals surface area (Å²) in [6.07, 6.45) is 32.2. The molecule has 0 radical (unpaired) electrons. The second-order valence-corrected chi connectivity index (χ2v) is 13.6. The molecule has 0 rings (SSSR count). The summed E-state index contributed by atoms with van der Waals surface area (Å²) in [6.45, 7) is 7.78. The lowest BCUT2D eigenvalue weighted by molar-refractivity contribution is 0.189. The quantitative estimate of drug-likeness (QED) is 0.0695. The van der Waals surface area contributed by atoms with Crippen molar-refractivity contribution in [1.82, 2.24) is 0 Å². The maximum atomic E-state index is 13.6. The molecule has 224 valence electrons. The average molecular weight is 546 g/mol. The monoisotopic (exact) mass is 545 g/mol. The van der Waals surface area contributed by atoms with Gasteiger partial charge in [-0.1, -0.05) is 168 Å². The molecule has 0 fully saturated rings. The van der Waals surface area contributed by atoms with E-state index in [4.69, 9.17) is 14.8 Å². The van der Waals surface area contributed by atoms with E-state index in [9.17, 15) is 4.57 Å². The van der Waals surface area contributed by atoms with Crippen LogP contribution in [0.4, 0.5) is 0 Å². The highest BCUT2D eigenvalue weighted by Gasteiger charge is 2.32. The Morgan fingerprint density at radius 2 is 0.730 bits per heavy atom. The number of unbranched alkanes of at least 4 members (excludes halogenated alkanes) is 22. The Kier molecular flexibility index (Phi) is 29.2. The molecule has 0 spiro atoms. The van der Waals surface area contributed by atoms with E-state index < -0.39 is 13.4 Å². The third-order valence-corrected chi connectivity index (χ3v) is 9.70. The Morgan fingerprint density at radius 1 is 0.459 bits per heavy atom. The van der Waals surface area contributed by atoms with E-state index in [0.29, 0.717) is 13.2 Å². The number of nitrogens with two attached hydrogens (primary N) is 1. The smallest absolute Gasteiger partial charge is 0.318 e. The molecule has 0 saturated heterocycles. The van der Waals surface area contributed by atoms with E-state index in [-0.39, 0.29) is 0 Å². The molecule has 0 aliphatic carbocycles. The van der Waals surface area contributed by atoms with Crippen LogP contribution in [0.15, 0.2) is 0 Å². The van der Waals surface area contributed by atoms with Crippen molar-refractivity contribution < 1.29 is 13.6 Å². The van der Waals surface area contributed by atoms with Gasteiger partial charge < -0.3 is 14.8 Å². The molecule has 0 aromatic rings. The first kappa shape index (κ1) is 37.1. The van der Waals surface area contributed by atoms with Gasteiger partial charge >= 0.3 is 7.60 Å². The van der Waals surface area contributed by atoms with E-state index in [1.54, 1.807) is 0 Å². The van der Waals surface area contributed by atoms with E-state index in [1.807, 2.05) is 0 Å². The van der Waals surface area contributed by atoms with Crippen molar-refractivity contribution in [1.29, 1.82) is 0 Å². The molecule has 37 heavy (non-hydrogen) atoms. The van der Waals surface area contributed by atoms with Gasteiger partial charge in [-0.05, 0) is 19.3 Å². The fraction of sp³-hybridized carbons (Fsp3) is 1.00. The maximum Gasteiger partial charge on any atom is 0.347 e. The predicted octanol–water partition coefficient (Wildman–Crippen LogP) is 11.7. The summed E-state index contributed by atoms with van der Waals surface area (Å²) >= 11 is 0. The lowest BCUT2D eigenvalue weighted by atomic mass is 10.1. The van der Waals surface area contributed by atoms with Gasteiger partial charge in [-0.2, -0.15) is 0 Å². The van der Waals surface area contributed by atoms with Gasteiger partial charge in [-0.25, -0.2) is 0 Å². The highest BCUT2D eigenvalue weighted by atomic mass is 31.2. The first-order valence-electron chi connectivity index (χ1n) is 16.7. The minimum atomic E-state index is -3.24. The molecule has 0 aliphatic rings. The first-order valence-corrected chi connectivity index (χ1v) is 18.4. The van der Waals surface area contributed by atoms with Crippen LogP contribution in [0.25, 0.3) is 0 Å². The van der Waals surface area contributed by atoms with Crippen LogP contribution in [-0.2, 0) is 13.6 Å².